The minimum Gasteiger partial charge on any atom is -0.481 e. The molecule has 1 aliphatic carbocycles. The molecule has 3 fully saturated rings. The highest BCUT2D eigenvalue weighted by atomic mass is 16.5. The number of carbonyl (C=O) groups is 2. The number of hydrogen-bond acceptors (Lipinski definition) is 3. The lowest BCUT2D eigenvalue weighted by Crippen LogP contribution is -2.52. The van der Waals surface area contributed by atoms with Crippen molar-refractivity contribution in [3.8, 4) is 0 Å². The lowest BCUT2D eigenvalue weighted by molar-refractivity contribution is -0.150. The van der Waals surface area contributed by atoms with Gasteiger partial charge in [-0.25, -0.2) is 0 Å². The van der Waals surface area contributed by atoms with Gasteiger partial charge in [-0.3, -0.25) is 9.59 Å². The van der Waals surface area contributed by atoms with Gasteiger partial charge in [0.05, 0.1) is 18.6 Å². The molecule has 1 N–H and O–H groups in total. The zero-order chi connectivity index (χ0) is 16.2. The molecular weight excluding hydrogens is 294 g/mol. The van der Waals surface area contributed by atoms with Crippen LogP contribution in [0.4, 0.5) is 0 Å². The molecule has 1 unspecified atom stereocenters. The van der Waals surface area contributed by atoms with Crippen molar-refractivity contribution in [3.05, 3.63) is 24.8 Å². The van der Waals surface area contributed by atoms with Gasteiger partial charge < -0.3 is 14.7 Å². The molecule has 4 rings (SSSR count). The van der Waals surface area contributed by atoms with Crippen molar-refractivity contribution < 1.29 is 19.4 Å². The van der Waals surface area contributed by atoms with E-state index < -0.39 is 29.5 Å². The number of carboxylic acids is 1. The van der Waals surface area contributed by atoms with E-state index in [9.17, 15) is 14.7 Å². The lowest BCUT2D eigenvalue weighted by Gasteiger charge is -2.45. The number of ether oxygens (including phenoxy) is 1. The van der Waals surface area contributed by atoms with E-state index in [4.69, 9.17) is 4.74 Å². The fraction of sp³-hybridized carbons (Fsp3) is 0.667. The van der Waals surface area contributed by atoms with Crippen LogP contribution in [-0.4, -0.2) is 45.7 Å². The Balaban J connectivity index is 1.70. The molecule has 0 aromatic carbocycles. The highest BCUT2D eigenvalue weighted by molar-refractivity contribution is 5.91. The van der Waals surface area contributed by atoms with Gasteiger partial charge >= 0.3 is 5.97 Å². The van der Waals surface area contributed by atoms with Gasteiger partial charge in [0.1, 0.15) is 11.5 Å². The minimum atomic E-state index is -0.928. The lowest BCUT2D eigenvalue weighted by atomic mass is 9.77. The number of nitrogens with zero attached hydrogens (tertiary/aromatic N) is 1. The quantitative estimate of drug-likeness (QED) is 0.807. The van der Waals surface area contributed by atoms with E-state index in [1.54, 1.807) is 0 Å². The van der Waals surface area contributed by atoms with Crippen LogP contribution in [0, 0.1) is 11.8 Å². The molecule has 124 valence electrons. The minimum absolute atomic E-state index is 0.0343. The number of amides is 1. The number of carboxylic acid groups (broad SMARTS) is 1. The maximum atomic E-state index is 13.2. The van der Waals surface area contributed by atoms with Gasteiger partial charge in [-0.2, -0.15) is 0 Å². The summed E-state index contributed by atoms with van der Waals surface area (Å²) in [5.74, 6) is -2.28. The van der Waals surface area contributed by atoms with Gasteiger partial charge in [0, 0.05) is 5.54 Å². The second-order valence-corrected chi connectivity index (χ2v) is 7.44. The number of rotatable bonds is 4. The van der Waals surface area contributed by atoms with E-state index in [0.29, 0.717) is 6.54 Å². The summed E-state index contributed by atoms with van der Waals surface area (Å²) in [6.45, 7) is 4.37. The van der Waals surface area contributed by atoms with E-state index in [1.165, 1.54) is 6.42 Å². The Bertz CT molecular complexity index is 592. The fourth-order valence-corrected chi connectivity index (χ4v) is 5.24. The second-order valence-electron chi connectivity index (χ2n) is 7.44. The fourth-order valence-electron chi connectivity index (χ4n) is 5.24. The van der Waals surface area contributed by atoms with Gasteiger partial charge in [-0.05, 0) is 19.3 Å². The van der Waals surface area contributed by atoms with Crippen LogP contribution >= 0.6 is 0 Å². The normalized spacial score (nSPS) is 40.4. The first-order valence-corrected chi connectivity index (χ1v) is 8.55. The Kier molecular flexibility index (Phi) is 3.21. The van der Waals surface area contributed by atoms with E-state index in [-0.39, 0.29) is 11.4 Å². The second kappa shape index (κ2) is 4.94. The Hall–Kier alpha value is -1.62. The summed E-state index contributed by atoms with van der Waals surface area (Å²) in [5.41, 5.74) is -0.926. The maximum absolute atomic E-state index is 13.2. The summed E-state index contributed by atoms with van der Waals surface area (Å²) in [5, 5.41) is 9.56. The van der Waals surface area contributed by atoms with Crippen molar-refractivity contribution in [2.24, 2.45) is 11.8 Å². The van der Waals surface area contributed by atoms with E-state index in [2.05, 4.69) is 6.58 Å². The number of carbonyl (C=O) groups excluding carboxylic acids is 1. The Morgan fingerprint density at radius 2 is 2.17 bits per heavy atom. The van der Waals surface area contributed by atoms with Crippen LogP contribution < -0.4 is 0 Å². The van der Waals surface area contributed by atoms with Crippen molar-refractivity contribution in [1.82, 2.24) is 4.90 Å². The molecule has 3 aliphatic heterocycles. The Labute approximate surface area is 136 Å². The van der Waals surface area contributed by atoms with Gasteiger partial charge in [-0.15, -0.1) is 6.58 Å². The molecule has 5 heteroatoms. The number of hydrogen-bond donors (Lipinski definition) is 1. The van der Waals surface area contributed by atoms with Gasteiger partial charge in [0.25, 0.3) is 0 Å². The van der Waals surface area contributed by atoms with Crippen LogP contribution in [0.15, 0.2) is 24.8 Å². The largest absolute Gasteiger partial charge is 0.481 e. The zero-order valence-electron chi connectivity index (χ0n) is 13.2. The number of fused-ring (bicyclic) bond motifs is 1. The molecule has 4 atom stereocenters. The van der Waals surface area contributed by atoms with Gasteiger partial charge in [0.2, 0.25) is 5.91 Å². The average Bonchev–Trinajstić information content (AvgIpc) is 3.17. The molecule has 1 amide bonds. The Morgan fingerprint density at radius 1 is 1.43 bits per heavy atom. The monoisotopic (exact) mass is 317 g/mol. The Morgan fingerprint density at radius 3 is 2.83 bits per heavy atom. The van der Waals surface area contributed by atoms with Crippen molar-refractivity contribution in [1.29, 1.82) is 0 Å². The third kappa shape index (κ3) is 1.89. The predicted octanol–water partition coefficient (Wildman–Crippen LogP) is 2.13. The van der Waals surface area contributed by atoms with Crippen molar-refractivity contribution in [3.63, 3.8) is 0 Å². The van der Waals surface area contributed by atoms with E-state index in [1.807, 2.05) is 23.1 Å². The predicted molar refractivity (Wildman–Crippen MR) is 83.7 cm³/mol. The summed E-state index contributed by atoms with van der Waals surface area (Å²) in [6.07, 6.45) is 11.3. The topological polar surface area (TPSA) is 66.8 Å². The van der Waals surface area contributed by atoms with Crippen LogP contribution in [0.3, 0.4) is 0 Å². The summed E-state index contributed by atoms with van der Waals surface area (Å²) < 4.78 is 5.99. The third-order valence-corrected chi connectivity index (χ3v) is 6.27. The molecule has 2 bridgehead atoms. The molecule has 5 nitrogen and oxygen atoms in total. The standard InChI is InChI=1S/C18H23NO4/c1-2-7-17(8-4-3-5-9-17)19-11-18-10-6-12(23-18)13(16(21)22)14(18)15(19)20/h2,6,10,12-14H,1,3-5,7-9,11H2,(H,21,22)/t12-,13?,14+,18-/m1/s1. The molecule has 0 radical (unpaired) electrons. The van der Waals surface area contributed by atoms with Crippen LogP contribution in [0.2, 0.25) is 0 Å². The van der Waals surface area contributed by atoms with Crippen molar-refractivity contribution in [2.75, 3.05) is 6.54 Å². The molecule has 1 saturated carbocycles. The van der Waals surface area contributed by atoms with Gasteiger partial charge in [-0.1, -0.05) is 37.5 Å². The van der Waals surface area contributed by atoms with E-state index >= 15 is 0 Å². The zero-order valence-corrected chi connectivity index (χ0v) is 13.2. The number of aliphatic carboxylic acids is 1. The molecule has 3 heterocycles. The SMILES string of the molecule is C=CCC1(N2C[C@@]34C=C[C@@H](O3)C(C(=O)O)[C@H]4C2=O)CCCCC1. The molecule has 1 spiro atoms. The smallest absolute Gasteiger partial charge is 0.310 e. The van der Waals surface area contributed by atoms with E-state index in [0.717, 1.165) is 32.1 Å². The first kappa shape index (κ1) is 14.9. The van der Waals surface area contributed by atoms with Crippen molar-refractivity contribution in [2.45, 2.75) is 55.8 Å². The molecule has 2 saturated heterocycles. The van der Waals surface area contributed by atoms with Crippen LogP contribution in [0.25, 0.3) is 0 Å². The summed E-state index contributed by atoms with van der Waals surface area (Å²) in [7, 11) is 0. The first-order valence-electron chi connectivity index (χ1n) is 8.55. The molecule has 0 aromatic rings. The molecule has 4 aliphatic rings. The maximum Gasteiger partial charge on any atom is 0.310 e. The third-order valence-electron chi connectivity index (χ3n) is 6.27. The summed E-state index contributed by atoms with van der Waals surface area (Å²) in [6, 6.07) is 0. The van der Waals surface area contributed by atoms with Crippen molar-refractivity contribution >= 4 is 11.9 Å². The van der Waals surface area contributed by atoms with Crippen LogP contribution in [0.5, 0.6) is 0 Å². The van der Waals surface area contributed by atoms with Crippen LogP contribution in [-0.2, 0) is 14.3 Å². The first-order chi connectivity index (χ1) is 11.0. The molecular formula is C18H23NO4. The average molecular weight is 317 g/mol. The summed E-state index contributed by atoms with van der Waals surface area (Å²) >= 11 is 0. The number of likely N-dealkylation sites (tertiary alicyclic amines) is 1. The van der Waals surface area contributed by atoms with Gasteiger partial charge in [0.15, 0.2) is 0 Å². The highest BCUT2D eigenvalue weighted by Gasteiger charge is 2.68. The summed E-state index contributed by atoms with van der Waals surface area (Å²) in [4.78, 5) is 26.8. The molecule has 23 heavy (non-hydrogen) atoms. The highest BCUT2D eigenvalue weighted by Crippen LogP contribution is 2.54. The van der Waals surface area contributed by atoms with Crippen LogP contribution in [0.1, 0.15) is 38.5 Å². The molecule has 0 aromatic heterocycles.